The molecule has 0 aliphatic carbocycles. The van der Waals surface area contributed by atoms with Gasteiger partial charge >= 0.3 is 0 Å². The average molecular weight is 265 g/mol. The highest BCUT2D eigenvalue weighted by Crippen LogP contribution is 2.25. The summed E-state index contributed by atoms with van der Waals surface area (Å²) in [6, 6.07) is 8.88. The summed E-state index contributed by atoms with van der Waals surface area (Å²) in [7, 11) is 0. The lowest BCUT2D eigenvalue weighted by Gasteiger charge is -2.05. The number of rotatable bonds is 2. The second-order valence-corrected chi connectivity index (χ2v) is 3.94. The van der Waals surface area contributed by atoms with Crippen LogP contribution in [0.1, 0.15) is 5.56 Å². The van der Waals surface area contributed by atoms with E-state index >= 15 is 0 Å². The van der Waals surface area contributed by atoms with Crippen LogP contribution in [0.2, 0.25) is 5.15 Å². The van der Waals surface area contributed by atoms with Crippen molar-refractivity contribution in [3.63, 3.8) is 0 Å². The molecule has 0 radical (unpaired) electrons. The summed E-state index contributed by atoms with van der Waals surface area (Å²) in [6.45, 7) is 0. The van der Waals surface area contributed by atoms with Crippen LogP contribution >= 0.6 is 11.6 Å². The molecule has 1 aromatic heterocycles. The molecule has 0 N–H and O–H groups in total. The maximum absolute atomic E-state index is 13.6. The zero-order chi connectivity index (χ0) is 13.1. The summed E-state index contributed by atoms with van der Waals surface area (Å²) in [4.78, 5) is 3.97. The number of pyridine rings is 1. The van der Waals surface area contributed by atoms with Gasteiger partial charge < -0.3 is 0 Å². The number of halogens is 3. The SMILES string of the molecule is N#CCc1ccc(-c2cccc(F)c2F)nc1Cl. The number of hydrogen-bond acceptors (Lipinski definition) is 2. The molecule has 0 saturated heterocycles. The molecule has 0 amide bonds. The zero-order valence-corrected chi connectivity index (χ0v) is 9.88. The lowest BCUT2D eigenvalue weighted by atomic mass is 10.1. The lowest BCUT2D eigenvalue weighted by molar-refractivity contribution is 0.511. The van der Waals surface area contributed by atoms with Gasteiger partial charge in [0, 0.05) is 11.1 Å². The molecular weight excluding hydrogens is 258 g/mol. The monoisotopic (exact) mass is 264 g/mol. The molecule has 2 nitrogen and oxygen atoms in total. The van der Waals surface area contributed by atoms with Crippen molar-refractivity contribution < 1.29 is 8.78 Å². The van der Waals surface area contributed by atoms with E-state index in [9.17, 15) is 8.78 Å². The van der Waals surface area contributed by atoms with E-state index in [1.807, 2.05) is 6.07 Å². The minimum Gasteiger partial charge on any atom is -0.236 e. The van der Waals surface area contributed by atoms with E-state index in [-0.39, 0.29) is 22.8 Å². The van der Waals surface area contributed by atoms with Crippen LogP contribution in [0.4, 0.5) is 8.78 Å². The molecule has 0 spiro atoms. The highest BCUT2D eigenvalue weighted by Gasteiger charge is 2.12. The van der Waals surface area contributed by atoms with E-state index in [1.54, 1.807) is 6.07 Å². The Kier molecular flexibility index (Phi) is 3.54. The van der Waals surface area contributed by atoms with E-state index < -0.39 is 11.6 Å². The Morgan fingerprint density at radius 2 is 2.00 bits per heavy atom. The summed E-state index contributed by atoms with van der Waals surface area (Å²) >= 11 is 5.87. The van der Waals surface area contributed by atoms with Gasteiger partial charge in [0.2, 0.25) is 0 Å². The Bertz CT molecular complexity index is 635. The first kappa shape index (κ1) is 12.5. The van der Waals surface area contributed by atoms with Gasteiger partial charge in [0.15, 0.2) is 11.6 Å². The lowest BCUT2D eigenvalue weighted by Crippen LogP contribution is -1.94. The van der Waals surface area contributed by atoms with E-state index in [4.69, 9.17) is 16.9 Å². The number of nitrogens with zero attached hydrogens (tertiary/aromatic N) is 2. The highest BCUT2D eigenvalue weighted by molar-refractivity contribution is 6.30. The molecule has 0 bridgehead atoms. The third kappa shape index (κ3) is 2.31. The second-order valence-electron chi connectivity index (χ2n) is 3.58. The molecule has 1 aromatic carbocycles. The van der Waals surface area contributed by atoms with E-state index in [0.29, 0.717) is 5.56 Å². The Morgan fingerprint density at radius 3 is 2.67 bits per heavy atom. The first-order valence-corrected chi connectivity index (χ1v) is 5.48. The molecule has 1 heterocycles. The summed E-state index contributed by atoms with van der Waals surface area (Å²) < 4.78 is 26.6. The minimum absolute atomic E-state index is 0.0420. The quantitative estimate of drug-likeness (QED) is 0.775. The standard InChI is InChI=1S/C13H7ClF2N2/c14-13-8(6-7-17)4-5-11(18-13)9-2-1-3-10(15)12(9)16/h1-5H,6H2. The van der Waals surface area contributed by atoms with Gasteiger partial charge in [0.1, 0.15) is 5.15 Å². The second kappa shape index (κ2) is 5.11. The van der Waals surface area contributed by atoms with Crippen LogP contribution in [-0.2, 0) is 6.42 Å². The van der Waals surface area contributed by atoms with Crippen molar-refractivity contribution in [1.29, 1.82) is 5.26 Å². The largest absolute Gasteiger partial charge is 0.236 e. The first-order valence-electron chi connectivity index (χ1n) is 5.10. The predicted octanol–water partition coefficient (Wildman–Crippen LogP) is 3.75. The van der Waals surface area contributed by atoms with Gasteiger partial charge in [-0.15, -0.1) is 0 Å². The Hall–Kier alpha value is -1.99. The number of benzene rings is 1. The van der Waals surface area contributed by atoms with Gasteiger partial charge in [-0.2, -0.15) is 5.26 Å². The fourth-order valence-electron chi connectivity index (χ4n) is 1.53. The van der Waals surface area contributed by atoms with Crippen LogP contribution < -0.4 is 0 Å². The van der Waals surface area contributed by atoms with Gasteiger partial charge in [-0.25, -0.2) is 13.8 Å². The number of hydrogen-bond donors (Lipinski definition) is 0. The third-order valence-corrected chi connectivity index (χ3v) is 2.75. The molecular formula is C13H7ClF2N2. The molecule has 5 heteroatoms. The van der Waals surface area contributed by atoms with Gasteiger partial charge in [-0.05, 0) is 18.2 Å². The molecule has 18 heavy (non-hydrogen) atoms. The van der Waals surface area contributed by atoms with Gasteiger partial charge in [0.25, 0.3) is 0 Å². The molecule has 0 atom stereocenters. The van der Waals surface area contributed by atoms with Crippen molar-refractivity contribution in [3.8, 4) is 17.3 Å². The smallest absolute Gasteiger partial charge is 0.168 e. The van der Waals surface area contributed by atoms with Crippen molar-refractivity contribution in [2.45, 2.75) is 6.42 Å². The maximum atomic E-state index is 13.6. The Balaban J connectivity index is 2.50. The molecule has 2 rings (SSSR count). The van der Waals surface area contributed by atoms with E-state index in [0.717, 1.165) is 6.07 Å². The van der Waals surface area contributed by atoms with Gasteiger partial charge in [-0.1, -0.05) is 23.7 Å². The van der Waals surface area contributed by atoms with E-state index in [2.05, 4.69) is 4.98 Å². The van der Waals surface area contributed by atoms with Crippen LogP contribution in [0.5, 0.6) is 0 Å². The summed E-state index contributed by atoms with van der Waals surface area (Å²) in [5.41, 5.74) is 0.832. The fourth-order valence-corrected chi connectivity index (χ4v) is 1.75. The van der Waals surface area contributed by atoms with Gasteiger partial charge in [0.05, 0.1) is 18.2 Å². The Labute approximate surface area is 107 Å². The number of nitriles is 1. The highest BCUT2D eigenvalue weighted by atomic mass is 35.5. The minimum atomic E-state index is -0.964. The molecule has 0 unspecified atom stereocenters. The molecule has 0 aliphatic heterocycles. The van der Waals surface area contributed by atoms with Crippen molar-refractivity contribution in [3.05, 3.63) is 52.7 Å². The van der Waals surface area contributed by atoms with Crippen LogP contribution in [0.15, 0.2) is 30.3 Å². The maximum Gasteiger partial charge on any atom is 0.168 e. The van der Waals surface area contributed by atoms with Crippen molar-refractivity contribution in [2.75, 3.05) is 0 Å². The fraction of sp³-hybridized carbons (Fsp3) is 0.0769. The third-order valence-electron chi connectivity index (χ3n) is 2.42. The topological polar surface area (TPSA) is 36.7 Å². The zero-order valence-electron chi connectivity index (χ0n) is 9.12. The van der Waals surface area contributed by atoms with Crippen LogP contribution in [-0.4, -0.2) is 4.98 Å². The van der Waals surface area contributed by atoms with Crippen LogP contribution in [0.3, 0.4) is 0 Å². The predicted molar refractivity (Wildman–Crippen MR) is 63.9 cm³/mol. The number of aromatic nitrogens is 1. The van der Waals surface area contributed by atoms with Gasteiger partial charge in [-0.3, -0.25) is 0 Å². The molecule has 90 valence electrons. The molecule has 2 aromatic rings. The summed E-state index contributed by atoms with van der Waals surface area (Å²) in [5.74, 6) is -1.90. The Morgan fingerprint density at radius 1 is 1.22 bits per heavy atom. The molecule has 0 aliphatic rings. The van der Waals surface area contributed by atoms with Crippen LogP contribution in [0, 0.1) is 23.0 Å². The van der Waals surface area contributed by atoms with E-state index in [1.165, 1.54) is 18.2 Å². The van der Waals surface area contributed by atoms with Crippen molar-refractivity contribution in [1.82, 2.24) is 4.98 Å². The average Bonchev–Trinajstić information content (AvgIpc) is 2.35. The van der Waals surface area contributed by atoms with Crippen molar-refractivity contribution in [2.24, 2.45) is 0 Å². The first-order chi connectivity index (χ1) is 8.63. The molecule has 0 saturated carbocycles. The van der Waals surface area contributed by atoms with Crippen LogP contribution in [0.25, 0.3) is 11.3 Å². The summed E-state index contributed by atoms with van der Waals surface area (Å²) in [6.07, 6.45) is 0.123. The normalized spacial score (nSPS) is 10.1. The van der Waals surface area contributed by atoms with Crippen molar-refractivity contribution >= 4 is 11.6 Å². The molecule has 0 fully saturated rings. The summed E-state index contributed by atoms with van der Waals surface area (Å²) in [5, 5.41) is 8.69.